The van der Waals surface area contributed by atoms with Gasteiger partial charge < -0.3 is 9.47 Å². The van der Waals surface area contributed by atoms with Gasteiger partial charge in [0.25, 0.3) is 0 Å². The lowest BCUT2D eigenvalue weighted by Crippen LogP contribution is -2.40. The van der Waals surface area contributed by atoms with Crippen LogP contribution in [0.3, 0.4) is 0 Å². The van der Waals surface area contributed by atoms with Gasteiger partial charge in [-0.2, -0.15) is 5.10 Å². The van der Waals surface area contributed by atoms with Crippen LogP contribution in [0.5, 0.6) is 11.5 Å². The summed E-state index contributed by atoms with van der Waals surface area (Å²) in [5.41, 5.74) is 5.05. The highest BCUT2D eigenvalue weighted by Crippen LogP contribution is 2.38. The molecule has 0 saturated heterocycles. The maximum Gasteiger partial charge on any atom is 0.246 e. The number of benzene rings is 2. The Bertz CT molecular complexity index is 1190. The first-order valence-corrected chi connectivity index (χ1v) is 12.8. The van der Waals surface area contributed by atoms with Gasteiger partial charge in [-0.1, -0.05) is 35.4 Å². The molecule has 1 atom stereocenters. The summed E-state index contributed by atoms with van der Waals surface area (Å²) in [5, 5.41) is 7.60. The van der Waals surface area contributed by atoms with Crippen molar-refractivity contribution in [2.24, 2.45) is 5.10 Å². The normalized spacial score (nSPS) is 17.7. The molecule has 0 aromatic heterocycles. The fourth-order valence-electron chi connectivity index (χ4n) is 4.95. The molecule has 0 N–H and O–H groups in total. The maximum atomic E-state index is 13.0. The molecule has 0 fully saturated rings. The third kappa shape index (κ3) is 6.13. The highest BCUT2D eigenvalue weighted by atomic mass is 16.7. The smallest absolute Gasteiger partial charge is 0.246 e. The zero-order chi connectivity index (χ0) is 26.7. The summed E-state index contributed by atoms with van der Waals surface area (Å²) in [5.74, 6) is 1.31. The van der Waals surface area contributed by atoms with Crippen LogP contribution in [0.25, 0.3) is 0 Å². The maximum absolute atomic E-state index is 13.0. The summed E-state index contributed by atoms with van der Waals surface area (Å²) in [6, 6.07) is 12.1. The van der Waals surface area contributed by atoms with Crippen molar-refractivity contribution in [2.45, 2.75) is 64.8 Å². The van der Waals surface area contributed by atoms with Crippen molar-refractivity contribution in [2.75, 3.05) is 27.4 Å². The Morgan fingerprint density at radius 2 is 1.89 bits per heavy atom. The molecule has 2 heterocycles. The summed E-state index contributed by atoms with van der Waals surface area (Å²) in [6.45, 7) is 9.13. The number of ether oxygens (including phenoxy) is 2. The first-order chi connectivity index (χ1) is 17.6. The van der Waals surface area contributed by atoms with Crippen molar-refractivity contribution in [3.63, 3.8) is 0 Å². The number of aryl methyl sites for hydroxylation is 2. The Morgan fingerprint density at radius 3 is 2.59 bits per heavy atom. The predicted octanol–water partition coefficient (Wildman–Crippen LogP) is 4.76. The van der Waals surface area contributed by atoms with E-state index in [1.807, 2.05) is 18.2 Å². The van der Waals surface area contributed by atoms with Gasteiger partial charge in [0, 0.05) is 43.9 Å². The lowest BCUT2D eigenvalue weighted by molar-refractivity contribution is -0.169. The summed E-state index contributed by atoms with van der Waals surface area (Å²) in [7, 11) is 3.07. The zero-order valence-electron chi connectivity index (χ0n) is 22.7. The van der Waals surface area contributed by atoms with Crippen LogP contribution in [0, 0.1) is 13.8 Å². The number of amides is 2. The lowest BCUT2D eigenvalue weighted by atomic mass is 9.93. The van der Waals surface area contributed by atoms with E-state index in [0.717, 1.165) is 29.0 Å². The van der Waals surface area contributed by atoms with Gasteiger partial charge in [0.2, 0.25) is 11.8 Å². The zero-order valence-corrected chi connectivity index (χ0v) is 22.7. The number of nitrogens with zero attached hydrogens (tertiary/aromatic N) is 3. The number of carbonyl (C=O) groups excluding carboxylic acids is 2. The second-order valence-electron chi connectivity index (χ2n) is 10.6. The average molecular weight is 508 g/mol. The molecular formula is C29H37N3O5. The minimum absolute atomic E-state index is 0.00111. The topological polar surface area (TPSA) is 80.7 Å². The number of hydrazone groups is 1. The number of hydrogen-bond donors (Lipinski definition) is 0. The SMILES string of the molecule is CON(C)C(=O)C[C@@H]1COc2cc(OCCCC(=O)N3N=C(c4cc(C)cc(C)c4)CC3(C)C)ccc21. The molecule has 2 amide bonds. The van der Waals surface area contributed by atoms with Gasteiger partial charge in [-0.3, -0.25) is 14.4 Å². The summed E-state index contributed by atoms with van der Waals surface area (Å²) >= 11 is 0. The second-order valence-corrected chi connectivity index (χ2v) is 10.6. The predicted molar refractivity (Wildman–Crippen MR) is 142 cm³/mol. The molecule has 2 aliphatic rings. The molecular weight excluding hydrogens is 470 g/mol. The Kier molecular flexibility index (Phi) is 7.87. The molecule has 0 bridgehead atoms. The second kappa shape index (κ2) is 10.9. The van der Waals surface area contributed by atoms with Gasteiger partial charge >= 0.3 is 0 Å². The van der Waals surface area contributed by atoms with Crippen LogP contribution in [0.1, 0.15) is 67.7 Å². The third-order valence-corrected chi connectivity index (χ3v) is 6.90. The Hall–Kier alpha value is -3.39. The molecule has 0 radical (unpaired) electrons. The molecule has 2 aliphatic heterocycles. The minimum atomic E-state index is -0.363. The number of fused-ring (bicyclic) bond motifs is 1. The number of hydroxylamine groups is 2. The number of carbonyl (C=O) groups is 2. The molecule has 37 heavy (non-hydrogen) atoms. The molecule has 0 aliphatic carbocycles. The van der Waals surface area contributed by atoms with E-state index in [9.17, 15) is 9.59 Å². The first kappa shape index (κ1) is 26.7. The van der Waals surface area contributed by atoms with Crippen molar-refractivity contribution in [1.29, 1.82) is 0 Å². The van der Waals surface area contributed by atoms with Gasteiger partial charge in [-0.25, -0.2) is 10.1 Å². The minimum Gasteiger partial charge on any atom is -0.493 e. The van der Waals surface area contributed by atoms with Crippen molar-refractivity contribution in [1.82, 2.24) is 10.1 Å². The van der Waals surface area contributed by atoms with Crippen LogP contribution >= 0.6 is 0 Å². The number of rotatable bonds is 9. The molecule has 198 valence electrons. The van der Waals surface area contributed by atoms with Crippen LogP contribution in [0.4, 0.5) is 0 Å². The summed E-state index contributed by atoms with van der Waals surface area (Å²) in [4.78, 5) is 30.2. The first-order valence-electron chi connectivity index (χ1n) is 12.8. The van der Waals surface area contributed by atoms with E-state index in [2.05, 4.69) is 45.9 Å². The molecule has 2 aromatic rings. The van der Waals surface area contributed by atoms with E-state index in [0.29, 0.717) is 38.2 Å². The number of hydrogen-bond acceptors (Lipinski definition) is 6. The Balaban J connectivity index is 1.29. The van der Waals surface area contributed by atoms with E-state index >= 15 is 0 Å². The van der Waals surface area contributed by atoms with Gasteiger partial charge in [0.1, 0.15) is 11.5 Å². The highest BCUT2D eigenvalue weighted by Gasteiger charge is 2.38. The summed E-state index contributed by atoms with van der Waals surface area (Å²) in [6.07, 6.45) is 1.98. The molecule has 0 unspecified atom stereocenters. The van der Waals surface area contributed by atoms with E-state index in [1.165, 1.54) is 23.3 Å². The summed E-state index contributed by atoms with van der Waals surface area (Å²) < 4.78 is 11.7. The van der Waals surface area contributed by atoms with Gasteiger partial charge in [-0.15, -0.1) is 0 Å². The lowest BCUT2D eigenvalue weighted by Gasteiger charge is -2.28. The molecule has 2 aromatic carbocycles. The third-order valence-electron chi connectivity index (χ3n) is 6.90. The van der Waals surface area contributed by atoms with E-state index < -0.39 is 0 Å². The van der Waals surface area contributed by atoms with Crippen LogP contribution in [0.15, 0.2) is 41.5 Å². The monoisotopic (exact) mass is 507 g/mol. The quantitative estimate of drug-likeness (QED) is 0.361. The van der Waals surface area contributed by atoms with Gasteiger partial charge in [0.05, 0.1) is 31.6 Å². The van der Waals surface area contributed by atoms with Crippen molar-refractivity contribution in [3.8, 4) is 11.5 Å². The fourth-order valence-corrected chi connectivity index (χ4v) is 4.95. The standard InChI is InChI=1S/C29H37N3O5/c1-19-12-20(2)14-21(13-19)25-17-29(3,4)32(30-25)27(33)8-7-11-36-23-9-10-24-22(18-37-26(24)16-23)15-28(34)31(5)35-6/h9-10,12-14,16,22H,7-8,11,15,17-18H2,1-6H3/t22-/m1/s1. The van der Waals surface area contributed by atoms with Crippen molar-refractivity contribution < 1.29 is 23.9 Å². The Labute approximate surface area is 219 Å². The van der Waals surface area contributed by atoms with E-state index in [1.54, 1.807) is 12.1 Å². The largest absolute Gasteiger partial charge is 0.493 e. The molecule has 0 spiro atoms. The van der Waals surface area contributed by atoms with Crippen LogP contribution in [-0.4, -0.2) is 60.5 Å². The highest BCUT2D eigenvalue weighted by molar-refractivity contribution is 6.03. The van der Waals surface area contributed by atoms with Crippen LogP contribution < -0.4 is 9.47 Å². The molecule has 8 heteroatoms. The van der Waals surface area contributed by atoms with Gasteiger partial charge in [0.15, 0.2) is 0 Å². The molecule has 0 saturated carbocycles. The molecule has 4 rings (SSSR count). The van der Waals surface area contributed by atoms with Crippen molar-refractivity contribution >= 4 is 17.5 Å². The van der Waals surface area contributed by atoms with E-state index in [4.69, 9.17) is 19.4 Å². The van der Waals surface area contributed by atoms with Crippen LogP contribution in [0.2, 0.25) is 0 Å². The van der Waals surface area contributed by atoms with Crippen molar-refractivity contribution in [3.05, 3.63) is 58.7 Å². The Morgan fingerprint density at radius 1 is 1.16 bits per heavy atom. The van der Waals surface area contributed by atoms with E-state index in [-0.39, 0.29) is 23.3 Å². The average Bonchev–Trinajstić information content (AvgIpc) is 3.39. The van der Waals surface area contributed by atoms with Gasteiger partial charge in [-0.05, 0) is 45.7 Å². The molecule has 8 nitrogen and oxygen atoms in total. The fraction of sp³-hybridized carbons (Fsp3) is 0.483. The van der Waals surface area contributed by atoms with Crippen LogP contribution in [-0.2, 0) is 14.4 Å².